The number of aromatic amines is 1. The first-order valence-corrected chi connectivity index (χ1v) is 4.30. The molecule has 1 aromatic carbocycles. The van der Waals surface area contributed by atoms with Gasteiger partial charge in [0.15, 0.2) is 0 Å². The third-order valence-electron chi connectivity index (χ3n) is 2.27. The lowest BCUT2D eigenvalue weighted by molar-refractivity contribution is 0.281. The molecule has 0 bridgehead atoms. The number of aliphatic hydroxyl groups excluding tert-OH is 1. The van der Waals surface area contributed by atoms with Crippen LogP contribution in [0.15, 0.2) is 23.3 Å². The standard InChI is InChI=1S/C10H10N2O2/c1-6-2-8-9(3-7(6)4-13)11-5-12-10(8)14/h2-3,5,13H,4H2,1H3,(H,11,12,14). The number of rotatable bonds is 1. The van der Waals surface area contributed by atoms with E-state index in [1.807, 2.05) is 6.92 Å². The predicted molar refractivity (Wildman–Crippen MR) is 53.0 cm³/mol. The normalized spacial score (nSPS) is 10.7. The topological polar surface area (TPSA) is 66.0 Å². The van der Waals surface area contributed by atoms with E-state index in [9.17, 15) is 4.79 Å². The average Bonchev–Trinajstić information content (AvgIpc) is 2.19. The molecule has 0 fully saturated rings. The Kier molecular flexibility index (Phi) is 2.05. The predicted octanol–water partition coefficient (Wildman–Crippen LogP) is 0.724. The largest absolute Gasteiger partial charge is 0.392 e. The van der Waals surface area contributed by atoms with Crippen LogP contribution in [-0.4, -0.2) is 15.1 Å². The zero-order valence-electron chi connectivity index (χ0n) is 7.74. The van der Waals surface area contributed by atoms with Gasteiger partial charge in [0.05, 0.1) is 23.8 Å². The third-order valence-corrected chi connectivity index (χ3v) is 2.27. The van der Waals surface area contributed by atoms with Crippen LogP contribution in [0.25, 0.3) is 10.9 Å². The van der Waals surface area contributed by atoms with Gasteiger partial charge in [0.25, 0.3) is 5.56 Å². The number of benzene rings is 1. The molecule has 1 aromatic heterocycles. The number of hydrogen-bond acceptors (Lipinski definition) is 3. The summed E-state index contributed by atoms with van der Waals surface area (Å²) >= 11 is 0. The molecule has 0 atom stereocenters. The Hall–Kier alpha value is -1.68. The summed E-state index contributed by atoms with van der Waals surface area (Å²) in [5.41, 5.74) is 2.17. The van der Waals surface area contributed by atoms with Gasteiger partial charge >= 0.3 is 0 Å². The second-order valence-electron chi connectivity index (χ2n) is 3.19. The first kappa shape index (κ1) is 8.90. The maximum atomic E-state index is 11.4. The van der Waals surface area contributed by atoms with Crippen LogP contribution in [0, 0.1) is 6.92 Å². The molecule has 2 aromatic rings. The summed E-state index contributed by atoms with van der Waals surface area (Å²) in [6.07, 6.45) is 1.36. The molecule has 1 heterocycles. The van der Waals surface area contributed by atoms with E-state index in [2.05, 4.69) is 9.97 Å². The fraction of sp³-hybridized carbons (Fsp3) is 0.200. The number of aliphatic hydroxyl groups is 1. The Morgan fingerprint density at radius 2 is 2.29 bits per heavy atom. The van der Waals surface area contributed by atoms with Gasteiger partial charge in [0, 0.05) is 0 Å². The number of aromatic nitrogens is 2. The van der Waals surface area contributed by atoms with Crippen molar-refractivity contribution >= 4 is 10.9 Å². The van der Waals surface area contributed by atoms with E-state index < -0.39 is 0 Å². The van der Waals surface area contributed by atoms with E-state index in [1.165, 1.54) is 6.33 Å². The first-order valence-electron chi connectivity index (χ1n) is 4.30. The molecular weight excluding hydrogens is 180 g/mol. The highest BCUT2D eigenvalue weighted by molar-refractivity contribution is 5.79. The molecule has 0 saturated carbocycles. The number of fused-ring (bicyclic) bond motifs is 1. The summed E-state index contributed by atoms with van der Waals surface area (Å²) in [7, 11) is 0. The van der Waals surface area contributed by atoms with Gasteiger partial charge < -0.3 is 10.1 Å². The molecule has 2 rings (SSSR count). The molecule has 14 heavy (non-hydrogen) atoms. The fourth-order valence-electron chi connectivity index (χ4n) is 1.44. The molecule has 0 unspecified atom stereocenters. The Labute approximate surface area is 80.2 Å². The molecule has 0 amide bonds. The van der Waals surface area contributed by atoms with Gasteiger partial charge in [-0.1, -0.05) is 0 Å². The quantitative estimate of drug-likeness (QED) is 0.696. The molecule has 0 aliphatic heterocycles. The van der Waals surface area contributed by atoms with Crippen molar-refractivity contribution in [1.29, 1.82) is 0 Å². The van der Waals surface area contributed by atoms with E-state index in [0.717, 1.165) is 11.1 Å². The molecule has 4 nitrogen and oxygen atoms in total. The average molecular weight is 190 g/mol. The van der Waals surface area contributed by atoms with Gasteiger partial charge in [-0.15, -0.1) is 0 Å². The van der Waals surface area contributed by atoms with Crippen molar-refractivity contribution in [3.63, 3.8) is 0 Å². The second-order valence-corrected chi connectivity index (χ2v) is 3.19. The minimum absolute atomic E-state index is 0.0315. The first-order chi connectivity index (χ1) is 6.72. The monoisotopic (exact) mass is 190 g/mol. The number of aryl methyl sites for hydroxylation is 1. The van der Waals surface area contributed by atoms with E-state index in [-0.39, 0.29) is 12.2 Å². The third kappa shape index (κ3) is 1.29. The Morgan fingerprint density at radius 3 is 3.00 bits per heavy atom. The van der Waals surface area contributed by atoms with Crippen LogP contribution in [0.4, 0.5) is 0 Å². The molecule has 0 aliphatic carbocycles. The second kappa shape index (κ2) is 3.23. The molecule has 2 N–H and O–H groups in total. The smallest absolute Gasteiger partial charge is 0.258 e. The van der Waals surface area contributed by atoms with Gasteiger partial charge in [-0.2, -0.15) is 0 Å². The van der Waals surface area contributed by atoms with E-state index in [0.29, 0.717) is 10.9 Å². The lowest BCUT2D eigenvalue weighted by Gasteiger charge is -2.03. The van der Waals surface area contributed by atoms with Crippen LogP contribution in [0.5, 0.6) is 0 Å². The van der Waals surface area contributed by atoms with Crippen molar-refractivity contribution in [2.24, 2.45) is 0 Å². The maximum absolute atomic E-state index is 11.4. The summed E-state index contributed by atoms with van der Waals surface area (Å²) in [6.45, 7) is 1.83. The SMILES string of the molecule is Cc1cc2c(=O)[nH]cnc2cc1CO. The van der Waals surface area contributed by atoms with Gasteiger partial charge in [0.1, 0.15) is 0 Å². The van der Waals surface area contributed by atoms with Gasteiger partial charge in [-0.05, 0) is 30.2 Å². The van der Waals surface area contributed by atoms with Crippen molar-refractivity contribution in [3.8, 4) is 0 Å². The summed E-state index contributed by atoms with van der Waals surface area (Å²) in [5, 5.41) is 9.59. The fourth-order valence-corrected chi connectivity index (χ4v) is 1.44. The Morgan fingerprint density at radius 1 is 1.50 bits per heavy atom. The molecular formula is C10H10N2O2. The Bertz CT molecular complexity index is 531. The number of nitrogens with zero attached hydrogens (tertiary/aromatic N) is 1. The number of nitrogens with one attached hydrogen (secondary N) is 1. The highest BCUT2D eigenvalue weighted by atomic mass is 16.3. The summed E-state index contributed by atoms with van der Waals surface area (Å²) in [4.78, 5) is 17.9. The van der Waals surface area contributed by atoms with E-state index in [4.69, 9.17) is 5.11 Å². The lowest BCUT2D eigenvalue weighted by Crippen LogP contribution is -2.07. The molecule has 4 heteroatoms. The highest BCUT2D eigenvalue weighted by Crippen LogP contribution is 2.14. The number of H-pyrrole nitrogens is 1. The zero-order valence-corrected chi connectivity index (χ0v) is 7.74. The van der Waals surface area contributed by atoms with Gasteiger partial charge in [0.2, 0.25) is 0 Å². The molecule has 0 spiro atoms. The van der Waals surface area contributed by atoms with Crippen LogP contribution in [0.1, 0.15) is 11.1 Å². The minimum atomic E-state index is -0.150. The van der Waals surface area contributed by atoms with Crippen LogP contribution >= 0.6 is 0 Å². The van der Waals surface area contributed by atoms with Gasteiger partial charge in [-0.25, -0.2) is 4.98 Å². The van der Waals surface area contributed by atoms with Crippen LogP contribution < -0.4 is 5.56 Å². The molecule has 0 radical (unpaired) electrons. The van der Waals surface area contributed by atoms with Crippen molar-refractivity contribution in [1.82, 2.24) is 9.97 Å². The van der Waals surface area contributed by atoms with Crippen LogP contribution in [-0.2, 0) is 6.61 Å². The maximum Gasteiger partial charge on any atom is 0.258 e. The van der Waals surface area contributed by atoms with Crippen LogP contribution in [0.2, 0.25) is 0 Å². The molecule has 0 aliphatic rings. The minimum Gasteiger partial charge on any atom is -0.392 e. The summed E-state index contributed by atoms with van der Waals surface area (Å²) < 4.78 is 0. The van der Waals surface area contributed by atoms with Crippen molar-refractivity contribution in [2.45, 2.75) is 13.5 Å². The Balaban J connectivity index is 2.86. The lowest BCUT2D eigenvalue weighted by atomic mass is 10.1. The summed E-state index contributed by atoms with van der Waals surface area (Å²) in [5.74, 6) is 0. The number of hydrogen-bond donors (Lipinski definition) is 2. The van der Waals surface area contributed by atoms with Crippen LogP contribution in [0.3, 0.4) is 0 Å². The zero-order chi connectivity index (χ0) is 10.1. The van der Waals surface area contributed by atoms with E-state index >= 15 is 0 Å². The van der Waals surface area contributed by atoms with Crippen molar-refractivity contribution < 1.29 is 5.11 Å². The molecule has 0 saturated heterocycles. The van der Waals surface area contributed by atoms with E-state index in [1.54, 1.807) is 12.1 Å². The highest BCUT2D eigenvalue weighted by Gasteiger charge is 2.03. The van der Waals surface area contributed by atoms with Gasteiger partial charge in [-0.3, -0.25) is 4.79 Å². The summed E-state index contributed by atoms with van der Waals surface area (Å²) in [6, 6.07) is 3.48. The van der Waals surface area contributed by atoms with Crippen molar-refractivity contribution in [3.05, 3.63) is 39.9 Å². The molecule has 72 valence electrons. The van der Waals surface area contributed by atoms with Crippen molar-refractivity contribution in [2.75, 3.05) is 0 Å².